The monoisotopic (exact) mass is 367 g/mol. The summed E-state index contributed by atoms with van der Waals surface area (Å²) in [5.41, 5.74) is 0.412. The summed E-state index contributed by atoms with van der Waals surface area (Å²) >= 11 is 0. The third kappa shape index (κ3) is 3.73. The molecular weight excluding hydrogens is 348 g/mol. The fourth-order valence-corrected chi connectivity index (χ4v) is 2.58. The Hall–Kier alpha value is -2.78. The Kier molecular flexibility index (Phi) is 5.01. The van der Waals surface area contributed by atoms with Crippen LogP contribution in [0, 0.1) is 0 Å². The van der Waals surface area contributed by atoms with Crippen LogP contribution in [0.5, 0.6) is 0 Å². The van der Waals surface area contributed by atoms with E-state index in [1.165, 1.54) is 24.1 Å². The van der Waals surface area contributed by atoms with Crippen LogP contribution < -0.4 is 5.32 Å². The summed E-state index contributed by atoms with van der Waals surface area (Å²) < 4.78 is 33.5. The number of esters is 1. The molecule has 0 aliphatic heterocycles. The third-order valence-electron chi connectivity index (χ3n) is 4.08. The summed E-state index contributed by atoms with van der Waals surface area (Å²) in [6.45, 7) is 1.92. The van der Waals surface area contributed by atoms with Crippen LogP contribution in [-0.2, 0) is 22.6 Å². The van der Waals surface area contributed by atoms with Gasteiger partial charge >= 0.3 is 5.97 Å². The van der Waals surface area contributed by atoms with Gasteiger partial charge in [0.2, 0.25) is 5.91 Å². The maximum absolute atomic E-state index is 13.2. The second kappa shape index (κ2) is 7.22. The molecule has 1 aliphatic carbocycles. The molecule has 1 amide bonds. The van der Waals surface area contributed by atoms with Gasteiger partial charge in [-0.2, -0.15) is 10.2 Å². The fraction of sp³-hybridized carbons (Fsp3) is 0.500. The van der Waals surface area contributed by atoms with Gasteiger partial charge in [-0.15, -0.1) is 0 Å². The molecule has 10 heteroatoms. The molecule has 1 N–H and O–H groups in total. The highest BCUT2D eigenvalue weighted by atomic mass is 19.3. The zero-order chi connectivity index (χ0) is 18.8. The molecule has 140 valence electrons. The van der Waals surface area contributed by atoms with E-state index in [4.69, 9.17) is 0 Å². The number of hydrogen-bond acceptors (Lipinski definition) is 5. The Morgan fingerprint density at radius 1 is 1.38 bits per heavy atom. The number of aryl methyl sites for hydroxylation is 1. The van der Waals surface area contributed by atoms with E-state index >= 15 is 0 Å². The first-order valence-corrected chi connectivity index (χ1v) is 8.24. The smallest absolute Gasteiger partial charge is 0.360 e. The largest absolute Gasteiger partial charge is 0.464 e. The van der Waals surface area contributed by atoms with Gasteiger partial charge in [-0.25, -0.2) is 13.6 Å². The van der Waals surface area contributed by atoms with Crippen molar-refractivity contribution in [2.24, 2.45) is 0 Å². The van der Waals surface area contributed by atoms with Crippen LogP contribution in [-0.4, -0.2) is 38.5 Å². The van der Waals surface area contributed by atoms with E-state index in [1.54, 1.807) is 0 Å². The van der Waals surface area contributed by atoms with Crippen molar-refractivity contribution >= 4 is 17.6 Å². The van der Waals surface area contributed by atoms with E-state index in [1.807, 2.05) is 6.92 Å². The normalized spacial score (nSPS) is 13.9. The zero-order valence-corrected chi connectivity index (χ0v) is 14.4. The number of rotatable bonds is 7. The molecule has 1 aliphatic rings. The Labute approximate surface area is 148 Å². The molecule has 0 unspecified atom stereocenters. The lowest BCUT2D eigenvalue weighted by atomic mass is 10.3. The summed E-state index contributed by atoms with van der Waals surface area (Å²) in [4.78, 5) is 24.1. The standard InChI is InChI=1S/C16H19F2N5O3/c1-3-22-7-11(14(21-22)16(25)26-2)19-13(24)8-23-12(15(17)18)6-10(20-23)9-4-5-9/h6-7,9,15H,3-5,8H2,1-2H3,(H,19,24). The van der Waals surface area contributed by atoms with Gasteiger partial charge in [0.15, 0.2) is 5.69 Å². The minimum Gasteiger partial charge on any atom is -0.464 e. The van der Waals surface area contributed by atoms with Gasteiger partial charge in [-0.3, -0.25) is 14.2 Å². The topological polar surface area (TPSA) is 91.0 Å². The molecule has 0 atom stereocenters. The van der Waals surface area contributed by atoms with Gasteiger partial charge in [0, 0.05) is 18.7 Å². The van der Waals surface area contributed by atoms with Gasteiger partial charge in [0.05, 0.1) is 18.5 Å². The molecule has 0 radical (unpaired) electrons. The summed E-state index contributed by atoms with van der Waals surface area (Å²) in [6, 6.07) is 1.35. The minimum atomic E-state index is -2.73. The van der Waals surface area contributed by atoms with E-state index in [0.29, 0.717) is 12.2 Å². The SMILES string of the molecule is CCn1cc(NC(=O)Cn2nc(C3CC3)cc2C(F)F)c(C(=O)OC)n1. The molecular formula is C16H19F2N5O3. The summed E-state index contributed by atoms with van der Waals surface area (Å²) in [7, 11) is 1.21. The van der Waals surface area contributed by atoms with Gasteiger partial charge in [-0.1, -0.05) is 0 Å². The van der Waals surface area contributed by atoms with Gasteiger partial charge in [0.25, 0.3) is 6.43 Å². The number of nitrogens with one attached hydrogen (secondary N) is 1. The van der Waals surface area contributed by atoms with E-state index in [-0.39, 0.29) is 29.5 Å². The van der Waals surface area contributed by atoms with Crippen molar-refractivity contribution in [3.05, 3.63) is 29.3 Å². The second-order valence-corrected chi connectivity index (χ2v) is 6.01. The molecule has 0 bridgehead atoms. The molecule has 0 spiro atoms. The molecule has 0 saturated heterocycles. The van der Waals surface area contributed by atoms with Crippen LogP contribution in [0.25, 0.3) is 0 Å². The Balaban J connectivity index is 1.77. The molecule has 1 fully saturated rings. The molecule has 0 aromatic carbocycles. The maximum Gasteiger partial charge on any atom is 0.360 e. The summed E-state index contributed by atoms with van der Waals surface area (Å²) in [5.74, 6) is -1.08. The molecule has 2 aromatic rings. The lowest BCUT2D eigenvalue weighted by Crippen LogP contribution is -2.22. The van der Waals surface area contributed by atoms with Crippen molar-refractivity contribution in [1.82, 2.24) is 19.6 Å². The van der Waals surface area contributed by atoms with E-state index in [9.17, 15) is 18.4 Å². The van der Waals surface area contributed by atoms with Crippen molar-refractivity contribution < 1.29 is 23.1 Å². The van der Waals surface area contributed by atoms with E-state index in [2.05, 4.69) is 20.3 Å². The summed E-state index contributed by atoms with van der Waals surface area (Å²) in [5, 5.41) is 10.7. The Morgan fingerprint density at radius 2 is 2.12 bits per heavy atom. The predicted octanol–water partition coefficient (Wildman–Crippen LogP) is 2.34. The number of alkyl halides is 2. The number of methoxy groups -OCH3 is 1. The number of nitrogens with zero attached hydrogens (tertiary/aromatic N) is 4. The van der Waals surface area contributed by atoms with Crippen LogP contribution in [0.15, 0.2) is 12.3 Å². The number of hydrogen-bond donors (Lipinski definition) is 1. The highest BCUT2D eigenvalue weighted by molar-refractivity contribution is 5.99. The zero-order valence-electron chi connectivity index (χ0n) is 14.4. The minimum absolute atomic E-state index is 0.0454. The highest BCUT2D eigenvalue weighted by Crippen LogP contribution is 2.40. The first kappa shape index (κ1) is 18.0. The maximum atomic E-state index is 13.2. The lowest BCUT2D eigenvalue weighted by Gasteiger charge is -2.07. The summed E-state index contributed by atoms with van der Waals surface area (Å²) in [6.07, 6.45) is 0.600. The molecule has 2 heterocycles. The van der Waals surface area contributed by atoms with Gasteiger partial charge in [-0.05, 0) is 25.8 Å². The molecule has 1 saturated carbocycles. The molecule has 8 nitrogen and oxygen atoms in total. The van der Waals surface area contributed by atoms with E-state index in [0.717, 1.165) is 17.5 Å². The quantitative estimate of drug-likeness (QED) is 0.759. The first-order chi connectivity index (χ1) is 12.4. The highest BCUT2D eigenvalue weighted by Gasteiger charge is 2.29. The number of anilines is 1. The average Bonchev–Trinajstić information content (AvgIpc) is 3.25. The van der Waals surface area contributed by atoms with Crippen LogP contribution in [0.3, 0.4) is 0 Å². The van der Waals surface area contributed by atoms with Crippen LogP contribution in [0.4, 0.5) is 14.5 Å². The number of halogens is 2. The van der Waals surface area contributed by atoms with Crippen molar-refractivity contribution in [2.75, 3.05) is 12.4 Å². The first-order valence-electron chi connectivity index (χ1n) is 8.24. The third-order valence-corrected chi connectivity index (χ3v) is 4.08. The van der Waals surface area contributed by atoms with Crippen molar-refractivity contribution in [3.8, 4) is 0 Å². The Morgan fingerprint density at radius 3 is 2.69 bits per heavy atom. The number of aromatic nitrogens is 4. The molecule has 2 aromatic heterocycles. The Bertz CT molecular complexity index is 826. The number of amides is 1. The molecule has 26 heavy (non-hydrogen) atoms. The van der Waals surface area contributed by atoms with Crippen LogP contribution >= 0.6 is 0 Å². The number of carbonyl (C=O) groups is 2. The molecule has 3 rings (SSSR count). The van der Waals surface area contributed by atoms with Crippen molar-refractivity contribution in [1.29, 1.82) is 0 Å². The van der Waals surface area contributed by atoms with Crippen molar-refractivity contribution in [2.45, 2.75) is 45.2 Å². The van der Waals surface area contributed by atoms with E-state index < -0.39 is 18.3 Å². The van der Waals surface area contributed by atoms with Crippen LogP contribution in [0.1, 0.15) is 54.0 Å². The van der Waals surface area contributed by atoms with Crippen molar-refractivity contribution in [3.63, 3.8) is 0 Å². The predicted molar refractivity (Wildman–Crippen MR) is 87.0 cm³/mol. The fourth-order valence-electron chi connectivity index (χ4n) is 2.58. The van der Waals surface area contributed by atoms with Gasteiger partial charge in [0.1, 0.15) is 12.2 Å². The van der Waals surface area contributed by atoms with Gasteiger partial charge < -0.3 is 10.1 Å². The lowest BCUT2D eigenvalue weighted by molar-refractivity contribution is -0.117. The second-order valence-electron chi connectivity index (χ2n) is 6.01. The average molecular weight is 367 g/mol. The van der Waals surface area contributed by atoms with Crippen LogP contribution in [0.2, 0.25) is 0 Å². The number of ether oxygens (including phenoxy) is 1. The number of carbonyl (C=O) groups excluding carboxylic acids is 2.